The van der Waals surface area contributed by atoms with Crippen LogP contribution < -0.4 is 14.8 Å². The maximum atomic E-state index is 12.2. The summed E-state index contributed by atoms with van der Waals surface area (Å²) in [6.45, 7) is 3.82. The van der Waals surface area contributed by atoms with Crippen LogP contribution in [0.2, 0.25) is 5.02 Å². The van der Waals surface area contributed by atoms with Crippen LogP contribution in [-0.4, -0.2) is 24.1 Å². The smallest absolute Gasteiger partial charge is 0.257 e. The fourth-order valence-electron chi connectivity index (χ4n) is 1.75. The second-order valence-corrected chi connectivity index (χ2v) is 5.26. The van der Waals surface area contributed by atoms with Gasteiger partial charge in [0.05, 0.1) is 29.5 Å². The number of methoxy groups -OCH3 is 1. The van der Waals surface area contributed by atoms with E-state index in [0.29, 0.717) is 27.9 Å². The first-order valence-electron chi connectivity index (χ1n) is 6.77. The van der Waals surface area contributed by atoms with E-state index in [4.69, 9.17) is 21.1 Å². The highest BCUT2D eigenvalue weighted by Gasteiger charge is 2.10. The van der Waals surface area contributed by atoms with Gasteiger partial charge in [-0.2, -0.15) is 0 Å². The molecule has 0 unspecified atom stereocenters. The largest absolute Gasteiger partial charge is 0.497 e. The maximum Gasteiger partial charge on any atom is 0.257 e. The molecule has 0 bridgehead atoms. The number of nitrogens with zero attached hydrogens (tertiary/aromatic N) is 1. The number of rotatable bonds is 5. The summed E-state index contributed by atoms with van der Waals surface area (Å²) in [6, 6.07) is 8.34. The molecule has 1 amide bonds. The lowest BCUT2D eigenvalue weighted by atomic mass is 10.2. The van der Waals surface area contributed by atoms with Crippen LogP contribution in [0.3, 0.4) is 0 Å². The van der Waals surface area contributed by atoms with Crippen molar-refractivity contribution in [2.24, 2.45) is 0 Å². The molecule has 0 aliphatic carbocycles. The lowest BCUT2D eigenvalue weighted by Gasteiger charge is -2.10. The zero-order valence-electron chi connectivity index (χ0n) is 12.6. The SMILES string of the molecule is COc1ccc(Cl)c(NC(=O)c2ccc(OC(C)C)nc2)c1. The summed E-state index contributed by atoms with van der Waals surface area (Å²) in [7, 11) is 1.55. The van der Waals surface area contributed by atoms with Gasteiger partial charge in [0, 0.05) is 18.3 Å². The highest BCUT2D eigenvalue weighted by Crippen LogP contribution is 2.27. The Hall–Kier alpha value is -2.27. The Morgan fingerprint density at radius 3 is 2.64 bits per heavy atom. The van der Waals surface area contributed by atoms with Crippen LogP contribution in [0, 0.1) is 0 Å². The van der Waals surface area contributed by atoms with Crippen molar-refractivity contribution in [3.05, 3.63) is 47.1 Å². The van der Waals surface area contributed by atoms with Gasteiger partial charge in [0.2, 0.25) is 5.88 Å². The third-order valence-electron chi connectivity index (χ3n) is 2.78. The number of hydrogen-bond donors (Lipinski definition) is 1. The molecule has 0 aliphatic rings. The highest BCUT2D eigenvalue weighted by atomic mass is 35.5. The van der Waals surface area contributed by atoms with Crippen LogP contribution in [-0.2, 0) is 0 Å². The summed E-state index contributed by atoms with van der Waals surface area (Å²) in [5, 5.41) is 3.16. The van der Waals surface area contributed by atoms with Gasteiger partial charge in [-0.25, -0.2) is 4.98 Å². The van der Waals surface area contributed by atoms with Crippen LogP contribution in [0.5, 0.6) is 11.6 Å². The first-order valence-corrected chi connectivity index (χ1v) is 7.15. The van der Waals surface area contributed by atoms with Gasteiger partial charge in [-0.05, 0) is 32.0 Å². The molecule has 1 aromatic heterocycles. The van der Waals surface area contributed by atoms with E-state index in [2.05, 4.69) is 10.3 Å². The van der Waals surface area contributed by atoms with Gasteiger partial charge in [-0.1, -0.05) is 11.6 Å². The molecule has 0 atom stereocenters. The molecule has 22 heavy (non-hydrogen) atoms. The van der Waals surface area contributed by atoms with Gasteiger partial charge in [-0.15, -0.1) is 0 Å². The number of anilines is 1. The molecule has 2 aromatic rings. The lowest BCUT2D eigenvalue weighted by molar-refractivity contribution is 0.102. The minimum Gasteiger partial charge on any atom is -0.497 e. The van der Waals surface area contributed by atoms with E-state index in [0.717, 1.165) is 0 Å². The van der Waals surface area contributed by atoms with Crippen molar-refractivity contribution in [3.63, 3.8) is 0 Å². The standard InChI is InChI=1S/C16H17ClN2O3/c1-10(2)22-15-7-4-11(9-18-15)16(20)19-14-8-12(21-3)5-6-13(14)17/h4-10H,1-3H3,(H,19,20). The van der Waals surface area contributed by atoms with Crippen LogP contribution in [0.1, 0.15) is 24.2 Å². The zero-order valence-corrected chi connectivity index (χ0v) is 13.3. The van der Waals surface area contributed by atoms with Crippen LogP contribution in [0.25, 0.3) is 0 Å². The number of carbonyl (C=O) groups excluding carboxylic acids is 1. The highest BCUT2D eigenvalue weighted by molar-refractivity contribution is 6.34. The molecule has 0 saturated carbocycles. The predicted octanol–water partition coefficient (Wildman–Crippen LogP) is 3.78. The van der Waals surface area contributed by atoms with E-state index in [9.17, 15) is 4.79 Å². The molecule has 6 heteroatoms. The van der Waals surface area contributed by atoms with Crippen LogP contribution in [0.15, 0.2) is 36.5 Å². The summed E-state index contributed by atoms with van der Waals surface area (Å²) in [4.78, 5) is 16.3. The molecule has 1 N–H and O–H groups in total. The van der Waals surface area contributed by atoms with E-state index in [1.54, 1.807) is 37.4 Å². The fraction of sp³-hybridized carbons (Fsp3) is 0.250. The Morgan fingerprint density at radius 1 is 1.27 bits per heavy atom. The molecule has 0 aliphatic heterocycles. The number of carbonyl (C=O) groups is 1. The molecular weight excluding hydrogens is 304 g/mol. The average Bonchev–Trinajstić information content (AvgIpc) is 2.49. The summed E-state index contributed by atoms with van der Waals surface area (Å²) < 4.78 is 10.5. The first kappa shape index (κ1) is 16.1. The van der Waals surface area contributed by atoms with Crippen molar-refractivity contribution in [1.82, 2.24) is 4.98 Å². The van der Waals surface area contributed by atoms with Crippen molar-refractivity contribution in [3.8, 4) is 11.6 Å². The number of aromatic nitrogens is 1. The Labute approximate surface area is 134 Å². The Bertz CT molecular complexity index is 657. The molecule has 1 aromatic carbocycles. The second kappa shape index (κ2) is 7.13. The van der Waals surface area contributed by atoms with Crippen molar-refractivity contribution in [1.29, 1.82) is 0 Å². The molecule has 0 spiro atoms. The molecule has 0 fully saturated rings. The third-order valence-corrected chi connectivity index (χ3v) is 3.11. The van der Waals surface area contributed by atoms with E-state index in [1.165, 1.54) is 6.20 Å². The summed E-state index contributed by atoms with van der Waals surface area (Å²) in [5.41, 5.74) is 0.892. The minimum atomic E-state index is -0.307. The van der Waals surface area contributed by atoms with Gasteiger partial charge < -0.3 is 14.8 Å². The monoisotopic (exact) mass is 320 g/mol. The molecule has 2 rings (SSSR count). The summed E-state index contributed by atoms with van der Waals surface area (Å²) in [5.74, 6) is 0.781. The molecular formula is C16H17ClN2O3. The third kappa shape index (κ3) is 4.11. The molecule has 1 heterocycles. The van der Waals surface area contributed by atoms with E-state index in [-0.39, 0.29) is 12.0 Å². The molecule has 0 saturated heterocycles. The summed E-state index contributed by atoms with van der Waals surface area (Å²) in [6.07, 6.45) is 1.49. The first-order chi connectivity index (χ1) is 10.5. The number of halogens is 1. The summed E-state index contributed by atoms with van der Waals surface area (Å²) >= 11 is 6.06. The second-order valence-electron chi connectivity index (χ2n) is 4.85. The molecule has 0 radical (unpaired) electrons. The van der Waals surface area contributed by atoms with E-state index in [1.807, 2.05) is 13.8 Å². The zero-order chi connectivity index (χ0) is 16.1. The van der Waals surface area contributed by atoms with Gasteiger partial charge in [0.1, 0.15) is 5.75 Å². The maximum absolute atomic E-state index is 12.2. The van der Waals surface area contributed by atoms with E-state index < -0.39 is 0 Å². The normalized spacial score (nSPS) is 10.4. The predicted molar refractivity (Wildman–Crippen MR) is 86.0 cm³/mol. The Balaban J connectivity index is 2.12. The van der Waals surface area contributed by atoms with E-state index >= 15 is 0 Å². The number of ether oxygens (including phenoxy) is 2. The average molecular weight is 321 g/mol. The van der Waals surface area contributed by atoms with Gasteiger partial charge >= 0.3 is 0 Å². The minimum absolute atomic E-state index is 0.0303. The van der Waals surface area contributed by atoms with Crippen molar-refractivity contribution >= 4 is 23.2 Å². The fourth-order valence-corrected chi connectivity index (χ4v) is 1.91. The van der Waals surface area contributed by atoms with Gasteiger partial charge in [-0.3, -0.25) is 4.79 Å². The number of nitrogens with one attached hydrogen (secondary N) is 1. The number of amides is 1. The van der Waals surface area contributed by atoms with Crippen molar-refractivity contribution in [2.45, 2.75) is 20.0 Å². The van der Waals surface area contributed by atoms with Gasteiger partial charge in [0.15, 0.2) is 0 Å². The van der Waals surface area contributed by atoms with Crippen LogP contribution >= 0.6 is 11.6 Å². The Morgan fingerprint density at radius 2 is 2.05 bits per heavy atom. The quantitative estimate of drug-likeness (QED) is 0.910. The van der Waals surface area contributed by atoms with Crippen molar-refractivity contribution in [2.75, 3.05) is 12.4 Å². The number of benzene rings is 1. The molecule has 5 nitrogen and oxygen atoms in total. The molecule has 116 valence electrons. The van der Waals surface area contributed by atoms with Crippen LogP contribution in [0.4, 0.5) is 5.69 Å². The number of hydrogen-bond acceptors (Lipinski definition) is 4. The number of pyridine rings is 1. The van der Waals surface area contributed by atoms with Gasteiger partial charge in [0.25, 0.3) is 5.91 Å². The lowest BCUT2D eigenvalue weighted by Crippen LogP contribution is -2.13. The Kier molecular flexibility index (Phi) is 5.22. The van der Waals surface area contributed by atoms with Crippen molar-refractivity contribution < 1.29 is 14.3 Å². The topological polar surface area (TPSA) is 60.5 Å².